The van der Waals surface area contributed by atoms with Gasteiger partial charge >= 0.3 is 0 Å². The summed E-state index contributed by atoms with van der Waals surface area (Å²) in [6, 6.07) is 0.318. The molecule has 0 aromatic rings. The van der Waals surface area contributed by atoms with Crippen molar-refractivity contribution in [3.8, 4) is 0 Å². The van der Waals surface area contributed by atoms with E-state index in [2.05, 4.69) is 4.90 Å². The number of likely N-dealkylation sites (N-methyl/N-ethyl adjacent to an activating group) is 1. The zero-order valence-electron chi connectivity index (χ0n) is 10.8. The number of amides is 1. The second kappa shape index (κ2) is 4.92. The van der Waals surface area contributed by atoms with Crippen LogP contribution in [0, 0.1) is 0 Å². The van der Waals surface area contributed by atoms with Crippen LogP contribution in [0.3, 0.4) is 0 Å². The van der Waals surface area contributed by atoms with Gasteiger partial charge in [0.25, 0.3) is 0 Å². The predicted octanol–water partition coefficient (Wildman–Crippen LogP) is -0.343. The lowest BCUT2D eigenvalue weighted by Crippen LogP contribution is -2.58. The number of hydrogen-bond donors (Lipinski definition) is 1. The van der Waals surface area contributed by atoms with E-state index in [1.165, 1.54) is 0 Å². The van der Waals surface area contributed by atoms with Crippen molar-refractivity contribution in [2.75, 3.05) is 40.4 Å². The molecular weight excluding hydrogens is 218 g/mol. The van der Waals surface area contributed by atoms with Gasteiger partial charge in [-0.3, -0.25) is 4.79 Å². The van der Waals surface area contributed by atoms with Crippen molar-refractivity contribution < 1.29 is 9.53 Å². The molecule has 5 nitrogen and oxygen atoms in total. The number of carbonyl (C=O) groups excluding carboxylic acids is 1. The van der Waals surface area contributed by atoms with Crippen molar-refractivity contribution in [3.05, 3.63) is 0 Å². The molecule has 0 saturated carbocycles. The second-order valence-corrected chi connectivity index (χ2v) is 5.52. The van der Waals surface area contributed by atoms with E-state index in [4.69, 9.17) is 10.5 Å². The van der Waals surface area contributed by atoms with Gasteiger partial charge in [-0.15, -0.1) is 0 Å². The van der Waals surface area contributed by atoms with Gasteiger partial charge in [-0.2, -0.15) is 0 Å². The smallest absolute Gasteiger partial charge is 0.245 e. The topological polar surface area (TPSA) is 58.8 Å². The van der Waals surface area contributed by atoms with Gasteiger partial charge in [-0.05, 0) is 33.4 Å². The van der Waals surface area contributed by atoms with Crippen molar-refractivity contribution in [2.45, 2.75) is 30.8 Å². The predicted molar refractivity (Wildman–Crippen MR) is 65.6 cm³/mol. The molecule has 17 heavy (non-hydrogen) atoms. The summed E-state index contributed by atoms with van der Waals surface area (Å²) in [5.41, 5.74) is 5.38. The minimum Gasteiger partial charge on any atom is -0.379 e. The summed E-state index contributed by atoms with van der Waals surface area (Å²) in [6.45, 7) is 2.74. The average Bonchev–Trinajstić information content (AvgIpc) is 2.86. The van der Waals surface area contributed by atoms with Crippen molar-refractivity contribution in [3.63, 3.8) is 0 Å². The first-order chi connectivity index (χ1) is 8.03. The molecule has 0 radical (unpaired) electrons. The summed E-state index contributed by atoms with van der Waals surface area (Å²) in [7, 11) is 4.08. The zero-order chi connectivity index (χ0) is 12.5. The Kier molecular flexibility index (Phi) is 3.70. The molecule has 2 heterocycles. The molecule has 0 spiro atoms. The highest BCUT2D eigenvalue weighted by atomic mass is 16.5. The second-order valence-electron chi connectivity index (χ2n) is 5.52. The molecule has 2 fully saturated rings. The quantitative estimate of drug-likeness (QED) is 0.734. The third kappa shape index (κ3) is 2.61. The maximum Gasteiger partial charge on any atom is 0.245 e. The first-order valence-corrected chi connectivity index (χ1v) is 6.35. The number of carbonyl (C=O) groups is 1. The molecule has 98 valence electrons. The van der Waals surface area contributed by atoms with Crippen molar-refractivity contribution >= 4 is 5.91 Å². The van der Waals surface area contributed by atoms with Gasteiger partial charge in [0.1, 0.15) is 5.54 Å². The molecule has 2 aliphatic rings. The Morgan fingerprint density at radius 2 is 2.35 bits per heavy atom. The Bertz CT molecular complexity index is 287. The lowest BCUT2D eigenvalue weighted by Gasteiger charge is -2.33. The van der Waals surface area contributed by atoms with Gasteiger partial charge < -0.3 is 20.3 Å². The van der Waals surface area contributed by atoms with E-state index in [1.54, 1.807) is 0 Å². The molecule has 2 N–H and O–H groups in total. The van der Waals surface area contributed by atoms with Gasteiger partial charge in [0.05, 0.1) is 6.61 Å². The van der Waals surface area contributed by atoms with E-state index in [-0.39, 0.29) is 5.91 Å². The van der Waals surface area contributed by atoms with E-state index in [1.807, 2.05) is 19.0 Å². The van der Waals surface area contributed by atoms with Crippen LogP contribution in [0.15, 0.2) is 0 Å². The first kappa shape index (κ1) is 12.8. The zero-order valence-corrected chi connectivity index (χ0v) is 10.8. The van der Waals surface area contributed by atoms with Crippen molar-refractivity contribution in [2.24, 2.45) is 5.73 Å². The summed E-state index contributed by atoms with van der Waals surface area (Å²) in [6.07, 6.45) is 2.82. The van der Waals surface area contributed by atoms with Crippen LogP contribution in [0.2, 0.25) is 0 Å². The van der Waals surface area contributed by atoms with E-state index >= 15 is 0 Å². The van der Waals surface area contributed by atoms with Gasteiger partial charge in [0.2, 0.25) is 5.91 Å². The standard InChI is InChI=1S/C12H23N3O2/c1-14(2)8-10-4-3-6-15(10)11(16)12(13)5-7-17-9-12/h10H,3-9,13H2,1-2H3. The van der Waals surface area contributed by atoms with Gasteiger partial charge in [-0.25, -0.2) is 0 Å². The lowest BCUT2D eigenvalue weighted by molar-refractivity contribution is -0.138. The summed E-state index contributed by atoms with van der Waals surface area (Å²) in [5, 5.41) is 0. The van der Waals surface area contributed by atoms with Crippen LogP contribution in [0.25, 0.3) is 0 Å². The summed E-state index contributed by atoms with van der Waals surface area (Å²) in [4.78, 5) is 16.6. The number of rotatable bonds is 3. The fourth-order valence-electron chi connectivity index (χ4n) is 2.75. The first-order valence-electron chi connectivity index (χ1n) is 6.35. The Labute approximate surface area is 103 Å². The maximum atomic E-state index is 12.5. The van der Waals surface area contributed by atoms with E-state index in [0.29, 0.717) is 25.7 Å². The minimum absolute atomic E-state index is 0.0827. The highest BCUT2D eigenvalue weighted by Crippen LogP contribution is 2.25. The molecule has 0 bridgehead atoms. The Balaban J connectivity index is 2.02. The van der Waals surface area contributed by atoms with E-state index in [0.717, 1.165) is 25.9 Å². The number of nitrogens with zero attached hydrogens (tertiary/aromatic N) is 2. The normalized spacial score (nSPS) is 33.6. The van der Waals surface area contributed by atoms with Crippen molar-refractivity contribution in [1.82, 2.24) is 9.80 Å². The number of likely N-dealkylation sites (tertiary alicyclic amines) is 1. The van der Waals surface area contributed by atoms with E-state index < -0.39 is 5.54 Å². The molecule has 1 amide bonds. The molecule has 5 heteroatoms. The molecule has 2 saturated heterocycles. The lowest BCUT2D eigenvalue weighted by atomic mass is 9.98. The van der Waals surface area contributed by atoms with Crippen LogP contribution >= 0.6 is 0 Å². The summed E-state index contributed by atoms with van der Waals surface area (Å²) >= 11 is 0. The van der Waals surface area contributed by atoms with Crippen molar-refractivity contribution in [1.29, 1.82) is 0 Å². The highest BCUT2D eigenvalue weighted by molar-refractivity contribution is 5.87. The number of ether oxygens (including phenoxy) is 1. The van der Waals surface area contributed by atoms with Crippen LogP contribution in [-0.2, 0) is 9.53 Å². The molecule has 0 aromatic carbocycles. The van der Waals surface area contributed by atoms with Crippen LogP contribution < -0.4 is 5.73 Å². The SMILES string of the molecule is CN(C)CC1CCCN1C(=O)C1(N)CCOC1. The molecule has 2 aliphatic heterocycles. The van der Waals surface area contributed by atoms with Gasteiger partial charge in [0.15, 0.2) is 0 Å². The van der Waals surface area contributed by atoms with Crippen LogP contribution in [0.5, 0.6) is 0 Å². The molecule has 2 unspecified atom stereocenters. The Hall–Kier alpha value is -0.650. The van der Waals surface area contributed by atoms with Gasteiger partial charge in [0, 0.05) is 25.7 Å². The highest BCUT2D eigenvalue weighted by Gasteiger charge is 2.44. The summed E-state index contributed by atoms with van der Waals surface area (Å²) in [5.74, 6) is 0.0827. The fourth-order valence-corrected chi connectivity index (χ4v) is 2.75. The Morgan fingerprint density at radius 3 is 2.94 bits per heavy atom. The van der Waals surface area contributed by atoms with Crippen LogP contribution in [0.4, 0.5) is 0 Å². The maximum absolute atomic E-state index is 12.5. The third-order valence-corrected chi connectivity index (χ3v) is 3.69. The largest absolute Gasteiger partial charge is 0.379 e. The molecule has 2 atom stereocenters. The minimum atomic E-state index is -0.769. The number of nitrogens with two attached hydrogens (primary N) is 1. The molecule has 2 rings (SSSR count). The van der Waals surface area contributed by atoms with Crippen LogP contribution in [0.1, 0.15) is 19.3 Å². The van der Waals surface area contributed by atoms with Crippen LogP contribution in [-0.4, -0.2) is 67.7 Å². The molecule has 0 aliphatic carbocycles. The average molecular weight is 241 g/mol. The summed E-state index contributed by atoms with van der Waals surface area (Å²) < 4.78 is 5.27. The Morgan fingerprint density at radius 1 is 1.59 bits per heavy atom. The van der Waals surface area contributed by atoms with E-state index in [9.17, 15) is 4.79 Å². The fraction of sp³-hybridized carbons (Fsp3) is 0.917. The molecular formula is C12H23N3O2. The number of hydrogen-bond acceptors (Lipinski definition) is 4. The van der Waals surface area contributed by atoms with Gasteiger partial charge in [-0.1, -0.05) is 0 Å². The third-order valence-electron chi connectivity index (χ3n) is 3.69. The monoisotopic (exact) mass is 241 g/mol. The molecule has 0 aromatic heterocycles.